The lowest BCUT2D eigenvalue weighted by Crippen LogP contribution is -2.45. The first-order chi connectivity index (χ1) is 12.9. The van der Waals surface area contributed by atoms with Gasteiger partial charge in [-0.05, 0) is 64.8 Å². The number of amides is 1. The molecule has 5 nitrogen and oxygen atoms in total. The number of allylic oxidation sites excluding steroid dienone is 2. The highest BCUT2D eigenvalue weighted by atomic mass is 16.6. The molecule has 2 aliphatic rings. The highest BCUT2D eigenvalue weighted by Gasteiger charge is 2.45. The van der Waals surface area contributed by atoms with E-state index in [4.69, 9.17) is 9.47 Å². The van der Waals surface area contributed by atoms with Crippen LogP contribution in [0.5, 0.6) is 11.5 Å². The minimum atomic E-state index is -0.446. The van der Waals surface area contributed by atoms with Crippen LogP contribution in [0.2, 0.25) is 0 Å². The van der Waals surface area contributed by atoms with Crippen molar-refractivity contribution in [2.24, 2.45) is 5.92 Å². The molecule has 0 saturated carbocycles. The summed E-state index contributed by atoms with van der Waals surface area (Å²) < 4.78 is 12.2. The number of aryl methyl sites for hydroxylation is 1. The van der Waals surface area contributed by atoms with Gasteiger partial charge in [-0.1, -0.05) is 25.0 Å². The van der Waals surface area contributed by atoms with Gasteiger partial charge in [-0.15, -0.1) is 0 Å². The number of rotatable bonds is 5. The maximum atomic E-state index is 12.2. The fourth-order valence-corrected chi connectivity index (χ4v) is 4.37. The molecule has 1 amide bonds. The van der Waals surface area contributed by atoms with Crippen molar-refractivity contribution in [3.8, 4) is 11.5 Å². The van der Waals surface area contributed by atoms with Crippen LogP contribution in [0.3, 0.4) is 0 Å². The van der Waals surface area contributed by atoms with Crippen LogP contribution in [-0.4, -0.2) is 25.4 Å². The summed E-state index contributed by atoms with van der Waals surface area (Å²) in [5.74, 6) is 2.06. The number of benzene rings is 1. The Hall–Kier alpha value is -2.01. The van der Waals surface area contributed by atoms with Crippen molar-refractivity contribution < 1.29 is 14.3 Å². The Bertz CT molecular complexity index is 739. The zero-order valence-corrected chi connectivity index (χ0v) is 17.1. The van der Waals surface area contributed by atoms with Gasteiger partial charge < -0.3 is 20.1 Å². The lowest BCUT2D eigenvalue weighted by Gasteiger charge is -2.46. The molecular weight excluding hydrogens is 340 g/mol. The van der Waals surface area contributed by atoms with Crippen molar-refractivity contribution in [3.05, 3.63) is 34.9 Å². The van der Waals surface area contributed by atoms with E-state index in [-0.39, 0.29) is 11.5 Å². The minimum absolute atomic E-state index is 0.209. The summed E-state index contributed by atoms with van der Waals surface area (Å²) in [7, 11) is 1.78. The van der Waals surface area contributed by atoms with Crippen LogP contribution in [0.25, 0.3) is 0 Å². The summed E-state index contributed by atoms with van der Waals surface area (Å²) in [5.41, 5.74) is 3.30. The summed E-state index contributed by atoms with van der Waals surface area (Å²) in [5, 5.41) is 5.60. The highest BCUT2D eigenvalue weighted by Crippen LogP contribution is 2.53. The summed E-state index contributed by atoms with van der Waals surface area (Å²) in [6, 6.07) is 4.14. The van der Waals surface area contributed by atoms with Crippen LogP contribution in [-0.2, 0) is 6.42 Å². The van der Waals surface area contributed by atoms with Crippen LogP contribution in [0, 0.1) is 5.92 Å². The zero-order valence-electron chi connectivity index (χ0n) is 17.1. The van der Waals surface area contributed by atoms with E-state index in [0.717, 1.165) is 42.6 Å². The molecule has 1 heterocycles. The standard InChI is InChI=1S/C22H32N2O3/c1-6-7-15-11-18(26-21(25)24-13-23-5)20-16-10-14(2)8-9-17(16)22(3,4)27-19(20)12-15/h10-12,16-17,23H,6-9,13H2,1-5H3,(H,24,25). The van der Waals surface area contributed by atoms with Gasteiger partial charge in [0.05, 0.1) is 6.67 Å². The molecule has 0 fully saturated rings. The van der Waals surface area contributed by atoms with Gasteiger partial charge >= 0.3 is 6.09 Å². The van der Waals surface area contributed by atoms with Crippen LogP contribution in [0.1, 0.15) is 64.0 Å². The molecule has 5 heteroatoms. The second-order valence-electron chi connectivity index (χ2n) is 8.24. The number of carbonyl (C=O) groups excluding carboxylic acids is 1. The van der Waals surface area contributed by atoms with E-state index in [9.17, 15) is 4.79 Å². The van der Waals surface area contributed by atoms with E-state index in [1.54, 1.807) is 7.05 Å². The summed E-state index contributed by atoms with van der Waals surface area (Å²) >= 11 is 0. The van der Waals surface area contributed by atoms with Gasteiger partial charge in [-0.25, -0.2) is 4.79 Å². The van der Waals surface area contributed by atoms with Gasteiger partial charge in [0.2, 0.25) is 0 Å². The quantitative estimate of drug-likeness (QED) is 0.589. The topological polar surface area (TPSA) is 59.6 Å². The van der Waals surface area contributed by atoms with E-state index in [2.05, 4.69) is 50.5 Å². The second kappa shape index (κ2) is 7.93. The Morgan fingerprint density at radius 3 is 2.85 bits per heavy atom. The van der Waals surface area contributed by atoms with Gasteiger partial charge in [0.15, 0.2) is 0 Å². The van der Waals surface area contributed by atoms with Crippen LogP contribution < -0.4 is 20.1 Å². The molecule has 2 N–H and O–H groups in total. The van der Waals surface area contributed by atoms with Crippen molar-refractivity contribution >= 4 is 6.09 Å². The summed E-state index contributed by atoms with van der Waals surface area (Å²) in [6.45, 7) is 9.05. The molecule has 0 aromatic heterocycles. The fourth-order valence-electron chi connectivity index (χ4n) is 4.37. The molecule has 0 bridgehead atoms. The number of hydrogen-bond acceptors (Lipinski definition) is 4. The third-order valence-electron chi connectivity index (χ3n) is 5.66. The minimum Gasteiger partial charge on any atom is -0.487 e. The monoisotopic (exact) mass is 372 g/mol. The smallest absolute Gasteiger partial charge is 0.413 e. The van der Waals surface area contributed by atoms with Gasteiger partial charge in [-0.3, -0.25) is 0 Å². The molecule has 1 aromatic rings. The lowest BCUT2D eigenvalue weighted by atomic mass is 9.68. The predicted molar refractivity (Wildman–Crippen MR) is 107 cm³/mol. The number of ether oxygens (including phenoxy) is 2. The third-order valence-corrected chi connectivity index (χ3v) is 5.66. The molecular formula is C22H32N2O3. The molecule has 2 unspecified atom stereocenters. The Kier molecular flexibility index (Phi) is 5.80. The van der Waals surface area contributed by atoms with Crippen molar-refractivity contribution in [2.45, 2.75) is 64.9 Å². The van der Waals surface area contributed by atoms with Crippen LogP contribution in [0.4, 0.5) is 4.79 Å². The Balaban J connectivity index is 2.06. The maximum absolute atomic E-state index is 12.2. The van der Waals surface area contributed by atoms with Crippen molar-refractivity contribution in [2.75, 3.05) is 13.7 Å². The zero-order chi connectivity index (χ0) is 19.6. The largest absolute Gasteiger partial charge is 0.487 e. The molecule has 148 valence electrons. The molecule has 3 rings (SSSR count). The molecule has 27 heavy (non-hydrogen) atoms. The third kappa shape index (κ3) is 4.13. The average Bonchev–Trinajstić information content (AvgIpc) is 2.59. The van der Waals surface area contributed by atoms with E-state index >= 15 is 0 Å². The first-order valence-electron chi connectivity index (χ1n) is 9.99. The second-order valence-corrected chi connectivity index (χ2v) is 8.24. The number of hydrogen-bond donors (Lipinski definition) is 2. The summed E-state index contributed by atoms with van der Waals surface area (Å²) in [6.07, 6.45) is 6.03. The molecule has 1 aliphatic heterocycles. The van der Waals surface area contributed by atoms with E-state index in [1.165, 1.54) is 5.57 Å². The average molecular weight is 373 g/mol. The molecule has 2 atom stereocenters. The molecule has 0 spiro atoms. The van der Waals surface area contributed by atoms with E-state index < -0.39 is 6.09 Å². The summed E-state index contributed by atoms with van der Waals surface area (Å²) in [4.78, 5) is 12.2. The van der Waals surface area contributed by atoms with Crippen LogP contribution >= 0.6 is 0 Å². The van der Waals surface area contributed by atoms with Crippen molar-refractivity contribution in [1.29, 1.82) is 0 Å². The van der Waals surface area contributed by atoms with Gasteiger partial charge in [-0.2, -0.15) is 0 Å². The number of nitrogens with one attached hydrogen (secondary N) is 2. The Labute approximate surface area is 162 Å². The predicted octanol–water partition coefficient (Wildman–Crippen LogP) is 4.52. The molecule has 0 saturated heterocycles. The molecule has 1 aliphatic carbocycles. The molecule has 0 radical (unpaired) electrons. The maximum Gasteiger partial charge on any atom is 0.413 e. The van der Waals surface area contributed by atoms with Crippen molar-refractivity contribution in [3.63, 3.8) is 0 Å². The lowest BCUT2D eigenvalue weighted by molar-refractivity contribution is 0.0108. The highest BCUT2D eigenvalue weighted by molar-refractivity contribution is 5.72. The van der Waals surface area contributed by atoms with Gasteiger partial charge in [0.1, 0.15) is 17.1 Å². The van der Waals surface area contributed by atoms with Gasteiger partial charge in [0, 0.05) is 17.4 Å². The van der Waals surface area contributed by atoms with E-state index in [1.807, 2.05) is 6.07 Å². The first kappa shape index (κ1) is 19.7. The first-order valence-corrected chi connectivity index (χ1v) is 9.99. The van der Waals surface area contributed by atoms with E-state index in [0.29, 0.717) is 18.3 Å². The van der Waals surface area contributed by atoms with Crippen molar-refractivity contribution in [1.82, 2.24) is 10.6 Å². The Morgan fingerprint density at radius 2 is 2.15 bits per heavy atom. The van der Waals surface area contributed by atoms with Gasteiger partial charge in [0.25, 0.3) is 0 Å². The SMILES string of the molecule is CCCc1cc(OC(=O)NCNC)c2c(c1)OC(C)(C)C1CCC(C)=CC21. The fraction of sp³-hybridized carbons (Fsp3) is 0.591. The number of fused-ring (bicyclic) bond motifs is 3. The Morgan fingerprint density at radius 1 is 1.37 bits per heavy atom. The number of carbonyl (C=O) groups is 1. The normalized spacial score (nSPS) is 22.8. The van der Waals surface area contributed by atoms with Crippen LogP contribution in [0.15, 0.2) is 23.8 Å². The molecule has 1 aromatic carbocycles.